The molecule has 0 saturated heterocycles. The van der Waals surface area contributed by atoms with Crippen LogP contribution in [0.3, 0.4) is 0 Å². The van der Waals surface area contributed by atoms with Crippen LogP contribution < -0.4 is 0 Å². The first-order valence-corrected chi connectivity index (χ1v) is 6.68. The molecule has 1 aromatic rings. The predicted octanol–water partition coefficient (Wildman–Crippen LogP) is 2.45. The highest BCUT2D eigenvalue weighted by molar-refractivity contribution is 5.75. The SMILES string of the molecule is O=Cc1ccc2c(c1)CCN(C1CCC1)CC2. The van der Waals surface area contributed by atoms with Gasteiger partial charge in [0.25, 0.3) is 0 Å². The molecule has 1 fully saturated rings. The minimum Gasteiger partial charge on any atom is -0.300 e. The van der Waals surface area contributed by atoms with Crippen molar-refractivity contribution in [1.82, 2.24) is 4.90 Å². The van der Waals surface area contributed by atoms with Gasteiger partial charge in [0.05, 0.1) is 0 Å². The first-order valence-electron chi connectivity index (χ1n) is 6.68. The molecule has 1 aliphatic carbocycles. The molecule has 2 nitrogen and oxygen atoms in total. The fraction of sp³-hybridized carbons (Fsp3) is 0.533. The summed E-state index contributed by atoms with van der Waals surface area (Å²) in [6.45, 7) is 2.36. The van der Waals surface area contributed by atoms with Gasteiger partial charge in [0.1, 0.15) is 6.29 Å². The molecular weight excluding hydrogens is 210 g/mol. The van der Waals surface area contributed by atoms with E-state index in [-0.39, 0.29) is 0 Å². The third-order valence-electron chi connectivity index (χ3n) is 4.29. The zero-order chi connectivity index (χ0) is 11.7. The van der Waals surface area contributed by atoms with Gasteiger partial charge in [0.2, 0.25) is 0 Å². The molecule has 3 rings (SSSR count). The lowest BCUT2D eigenvalue weighted by Crippen LogP contribution is -2.41. The highest BCUT2D eigenvalue weighted by Gasteiger charge is 2.26. The zero-order valence-electron chi connectivity index (χ0n) is 10.2. The van der Waals surface area contributed by atoms with E-state index in [9.17, 15) is 4.79 Å². The average molecular weight is 229 g/mol. The smallest absolute Gasteiger partial charge is 0.150 e. The van der Waals surface area contributed by atoms with E-state index in [1.165, 1.54) is 43.5 Å². The van der Waals surface area contributed by atoms with E-state index in [1.54, 1.807) is 0 Å². The molecule has 1 aliphatic heterocycles. The van der Waals surface area contributed by atoms with E-state index >= 15 is 0 Å². The van der Waals surface area contributed by atoms with Crippen molar-refractivity contribution in [2.75, 3.05) is 13.1 Å². The Bertz CT molecular complexity index is 423. The molecule has 1 heterocycles. The Kier molecular flexibility index (Phi) is 2.98. The predicted molar refractivity (Wildman–Crippen MR) is 68.4 cm³/mol. The Labute approximate surface area is 103 Å². The molecule has 1 saturated carbocycles. The van der Waals surface area contributed by atoms with Crippen molar-refractivity contribution < 1.29 is 4.79 Å². The van der Waals surface area contributed by atoms with E-state index < -0.39 is 0 Å². The molecule has 0 amide bonds. The average Bonchev–Trinajstić information content (AvgIpc) is 2.49. The largest absolute Gasteiger partial charge is 0.300 e. The summed E-state index contributed by atoms with van der Waals surface area (Å²) in [5.74, 6) is 0. The molecular formula is C15H19NO. The lowest BCUT2D eigenvalue weighted by Gasteiger charge is -2.36. The van der Waals surface area contributed by atoms with E-state index in [2.05, 4.69) is 17.0 Å². The third kappa shape index (κ3) is 2.14. The summed E-state index contributed by atoms with van der Waals surface area (Å²) in [5.41, 5.74) is 3.65. The number of benzene rings is 1. The van der Waals surface area contributed by atoms with Crippen LogP contribution in [0.25, 0.3) is 0 Å². The minimum atomic E-state index is 0.820. The highest BCUT2D eigenvalue weighted by atomic mass is 16.1. The number of hydrogen-bond donors (Lipinski definition) is 0. The van der Waals surface area contributed by atoms with E-state index in [0.717, 1.165) is 30.7 Å². The molecule has 0 atom stereocenters. The monoisotopic (exact) mass is 229 g/mol. The topological polar surface area (TPSA) is 20.3 Å². The van der Waals surface area contributed by atoms with Crippen molar-refractivity contribution >= 4 is 6.29 Å². The van der Waals surface area contributed by atoms with Gasteiger partial charge in [-0.1, -0.05) is 18.6 Å². The molecule has 0 bridgehead atoms. The van der Waals surface area contributed by atoms with Gasteiger partial charge < -0.3 is 0 Å². The molecule has 2 aliphatic rings. The maximum absolute atomic E-state index is 10.8. The highest BCUT2D eigenvalue weighted by Crippen LogP contribution is 2.27. The van der Waals surface area contributed by atoms with Crippen LogP contribution in [0.2, 0.25) is 0 Å². The van der Waals surface area contributed by atoms with Gasteiger partial charge in [-0.05, 0) is 42.9 Å². The van der Waals surface area contributed by atoms with E-state index in [4.69, 9.17) is 0 Å². The van der Waals surface area contributed by atoms with E-state index in [0.29, 0.717) is 0 Å². The van der Waals surface area contributed by atoms with Crippen molar-refractivity contribution in [3.8, 4) is 0 Å². The van der Waals surface area contributed by atoms with Crippen molar-refractivity contribution in [1.29, 1.82) is 0 Å². The van der Waals surface area contributed by atoms with E-state index in [1.807, 2.05) is 6.07 Å². The van der Waals surface area contributed by atoms with Gasteiger partial charge in [0, 0.05) is 24.7 Å². The number of carbonyl (C=O) groups is 1. The quantitative estimate of drug-likeness (QED) is 0.726. The third-order valence-corrected chi connectivity index (χ3v) is 4.29. The van der Waals surface area contributed by atoms with Crippen LogP contribution in [0, 0.1) is 0 Å². The summed E-state index contributed by atoms with van der Waals surface area (Å²) in [7, 11) is 0. The van der Waals surface area contributed by atoms with Gasteiger partial charge in [-0.15, -0.1) is 0 Å². The minimum absolute atomic E-state index is 0.820. The standard InChI is InChI=1S/C15H19NO/c17-11-12-4-5-13-6-8-16(15-2-1-3-15)9-7-14(13)10-12/h4-5,10-11,15H,1-3,6-9H2. The molecule has 0 unspecified atom stereocenters. The van der Waals surface area contributed by atoms with Crippen LogP contribution in [0.4, 0.5) is 0 Å². The second kappa shape index (κ2) is 4.61. The number of nitrogens with zero attached hydrogens (tertiary/aromatic N) is 1. The lowest BCUT2D eigenvalue weighted by atomic mass is 9.91. The van der Waals surface area contributed by atoms with Crippen molar-refractivity contribution in [2.45, 2.75) is 38.1 Å². The molecule has 0 N–H and O–H groups in total. The van der Waals surface area contributed by atoms with Crippen LogP contribution in [0.15, 0.2) is 18.2 Å². The molecule has 0 aromatic heterocycles. The second-order valence-electron chi connectivity index (χ2n) is 5.27. The summed E-state index contributed by atoms with van der Waals surface area (Å²) >= 11 is 0. The fourth-order valence-electron chi connectivity index (χ4n) is 2.95. The Morgan fingerprint density at radius 2 is 1.88 bits per heavy atom. The van der Waals surface area contributed by atoms with Crippen LogP contribution in [0.5, 0.6) is 0 Å². The maximum atomic E-state index is 10.8. The molecule has 90 valence electrons. The van der Waals surface area contributed by atoms with Crippen molar-refractivity contribution in [3.63, 3.8) is 0 Å². The Morgan fingerprint density at radius 1 is 1.12 bits per heavy atom. The maximum Gasteiger partial charge on any atom is 0.150 e. The lowest BCUT2D eigenvalue weighted by molar-refractivity contribution is 0.112. The first kappa shape index (κ1) is 11.0. The van der Waals surface area contributed by atoms with Gasteiger partial charge >= 0.3 is 0 Å². The normalized spacial score (nSPS) is 21.4. The number of carbonyl (C=O) groups excluding carboxylic acids is 1. The second-order valence-corrected chi connectivity index (χ2v) is 5.27. The van der Waals surface area contributed by atoms with Crippen LogP contribution in [0.1, 0.15) is 40.7 Å². The van der Waals surface area contributed by atoms with Gasteiger partial charge in [0.15, 0.2) is 0 Å². The Morgan fingerprint density at radius 3 is 2.53 bits per heavy atom. The van der Waals surface area contributed by atoms with Gasteiger partial charge in [-0.3, -0.25) is 9.69 Å². The Hall–Kier alpha value is -1.15. The first-order chi connectivity index (χ1) is 8.36. The molecule has 1 aromatic carbocycles. The summed E-state index contributed by atoms with van der Waals surface area (Å²) in [6, 6.07) is 7.01. The molecule has 2 heteroatoms. The fourth-order valence-corrected chi connectivity index (χ4v) is 2.95. The van der Waals surface area contributed by atoms with Crippen molar-refractivity contribution in [3.05, 3.63) is 34.9 Å². The zero-order valence-corrected chi connectivity index (χ0v) is 10.2. The van der Waals surface area contributed by atoms with Crippen LogP contribution in [-0.4, -0.2) is 30.3 Å². The summed E-state index contributed by atoms with van der Waals surface area (Å²) in [5, 5.41) is 0. The number of hydrogen-bond acceptors (Lipinski definition) is 2. The molecule has 0 radical (unpaired) electrons. The number of rotatable bonds is 2. The molecule has 17 heavy (non-hydrogen) atoms. The number of fused-ring (bicyclic) bond motifs is 1. The Balaban J connectivity index is 1.77. The van der Waals surface area contributed by atoms with Gasteiger partial charge in [-0.2, -0.15) is 0 Å². The summed E-state index contributed by atoms with van der Waals surface area (Å²) < 4.78 is 0. The van der Waals surface area contributed by atoms with Crippen molar-refractivity contribution in [2.24, 2.45) is 0 Å². The number of aldehydes is 1. The van der Waals surface area contributed by atoms with Crippen LogP contribution in [-0.2, 0) is 12.8 Å². The summed E-state index contributed by atoms with van der Waals surface area (Å²) in [6.07, 6.45) is 7.38. The van der Waals surface area contributed by atoms with Gasteiger partial charge in [-0.25, -0.2) is 0 Å². The molecule has 0 spiro atoms. The van der Waals surface area contributed by atoms with Crippen LogP contribution >= 0.6 is 0 Å². The summed E-state index contributed by atoms with van der Waals surface area (Å²) in [4.78, 5) is 13.4.